The van der Waals surface area contributed by atoms with Crippen molar-refractivity contribution in [3.05, 3.63) is 35.4 Å². The summed E-state index contributed by atoms with van der Waals surface area (Å²) in [5.41, 5.74) is 0.875. The number of carbonyl (C=O) groups is 1. The lowest BCUT2D eigenvalue weighted by atomic mass is 9.33. The van der Waals surface area contributed by atoms with Crippen molar-refractivity contribution in [3.63, 3.8) is 0 Å². The summed E-state index contributed by atoms with van der Waals surface area (Å²) in [6.45, 7) is 4.92. The van der Waals surface area contributed by atoms with E-state index in [9.17, 15) is 4.79 Å². The Bertz CT molecular complexity index is 987. The van der Waals surface area contributed by atoms with Gasteiger partial charge in [0.05, 0.1) is 18.4 Å². The molecule has 1 aromatic rings. The lowest BCUT2D eigenvalue weighted by Gasteiger charge is -2.74. The number of rotatable bonds is 3. The minimum Gasteiger partial charge on any atom is -0.493 e. The zero-order valence-corrected chi connectivity index (χ0v) is 17.9. The molecule has 0 N–H and O–H groups in total. The van der Waals surface area contributed by atoms with Gasteiger partial charge in [-0.1, -0.05) is 18.2 Å². The second-order valence-corrected chi connectivity index (χ2v) is 9.86. The summed E-state index contributed by atoms with van der Waals surface area (Å²) in [5.74, 6) is 1.62. The SMILES string of the molecule is COc1ccc2c3c1O[C@]1(C)[C@]34CCN(C)[C@H](C2)[C@]42C=C[C@@]1(OC)[C@@H](C(C)=O)C2. The summed E-state index contributed by atoms with van der Waals surface area (Å²) >= 11 is 0. The third kappa shape index (κ3) is 1.52. The van der Waals surface area contributed by atoms with E-state index in [0.717, 1.165) is 37.3 Å². The third-order valence-electron chi connectivity index (χ3n) is 9.41. The predicted molar refractivity (Wildman–Crippen MR) is 109 cm³/mol. The number of fused-ring (bicyclic) bond motifs is 1. The highest BCUT2D eigenvalue weighted by molar-refractivity contribution is 5.83. The van der Waals surface area contributed by atoms with Crippen LogP contribution in [0.2, 0.25) is 0 Å². The van der Waals surface area contributed by atoms with Gasteiger partial charge in [-0.05, 0) is 58.3 Å². The van der Waals surface area contributed by atoms with Crippen LogP contribution < -0.4 is 9.47 Å². The fourth-order valence-corrected chi connectivity index (χ4v) is 8.30. The number of methoxy groups -OCH3 is 2. The van der Waals surface area contributed by atoms with Crippen molar-refractivity contribution in [1.82, 2.24) is 4.90 Å². The molecular weight excluding hydrogens is 366 g/mol. The molecule has 5 heteroatoms. The van der Waals surface area contributed by atoms with Gasteiger partial charge < -0.3 is 19.1 Å². The molecule has 6 atom stereocenters. The minimum atomic E-state index is -0.778. The van der Waals surface area contributed by atoms with Gasteiger partial charge in [0.1, 0.15) is 11.4 Å². The summed E-state index contributed by atoms with van der Waals surface area (Å²) < 4.78 is 19.0. The van der Waals surface area contributed by atoms with E-state index in [0.29, 0.717) is 6.04 Å². The van der Waals surface area contributed by atoms with Crippen LogP contribution in [0, 0.1) is 11.3 Å². The lowest BCUT2D eigenvalue weighted by molar-refractivity contribution is -0.255. The molecule has 7 rings (SSSR count). The maximum Gasteiger partial charge on any atom is 0.166 e. The molecule has 0 unspecified atom stereocenters. The van der Waals surface area contributed by atoms with Gasteiger partial charge in [-0.15, -0.1) is 0 Å². The van der Waals surface area contributed by atoms with Crippen LogP contribution in [0.4, 0.5) is 0 Å². The van der Waals surface area contributed by atoms with Crippen LogP contribution in [0.5, 0.6) is 11.5 Å². The van der Waals surface area contributed by atoms with E-state index in [-0.39, 0.29) is 22.5 Å². The van der Waals surface area contributed by atoms with Crippen LogP contribution in [-0.4, -0.2) is 55.7 Å². The molecule has 2 aliphatic heterocycles. The summed E-state index contributed by atoms with van der Waals surface area (Å²) in [4.78, 5) is 15.4. The first-order valence-corrected chi connectivity index (χ1v) is 10.7. The van der Waals surface area contributed by atoms with E-state index in [4.69, 9.17) is 14.2 Å². The average Bonchev–Trinajstić information content (AvgIpc) is 3.00. The Labute approximate surface area is 172 Å². The highest BCUT2D eigenvalue weighted by Crippen LogP contribution is 2.78. The number of carbonyl (C=O) groups excluding carboxylic acids is 1. The summed E-state index contributed by atoms with van der Waals surface area (Å²) in [7, 11) is 5.68. The molecule has 4 bridgehead atoms. The summed E-state index contributed by atoms with van der Waals surface area (Å²) in [6.07, 6.45) is 7.36. The zero-order chi connectivity index (χ0) is 20.4. The van der Waals surface area contributed by atoms with E-state index in [2.05, 4.69) is 37.1 Å². The van der Waals surface area contributed by atoms with E-state index in [1.807, 2.05) is 6.07 Å². The lowest BCUT2D eigenvalue weighted by Crippen LogP contribution is -2.84. The maximum atomic E-state index is 12.9. The number of hydrogen-bond donors (Lipinski definition) is 0. The highest BCUT2D eigenvalue weighted by Gasteiger charge is 2.84. The van der Waals surface area contributed by atoms with Crippen molar-refractivity contribution >= 4 is 5.78 Å². The van der Waals surface area contributed by atoms with E-state index >= 15 is 0 Å². The molecule has 2 fully saturated rings. The van der Waals surface area contributed by atoms with Gasteiger partial charge in [0, 0.05) is 24.1 Å². The fraction of sp³-hybridized carbons (Fsp3) is 0.625. The molecule has 2 spiro atoms. The number of hydrogen-bond acceptors (Lipinski definition) is 5. The van der Waals surface area contributed by atoms with E-state index in [1.165, 1.54) is 11.1 Å². The Hall–Kier alpha value is -1.85. The third-order valence-corrected chi connectivity index (χ3v) is 9.41. The van der Waals surface area contributed by atoms with E-state index < -0.39 is 11.2 Å². The Morgan fingerprint density at radius 1 is 1.28 bits per heavy atom. The normalized spacial score (nSPS) is 45.7. The number of nitrogens with zero attached hydrogens (tertiary/aromatic N) is 1. The van der Waals surface area contributed by atoms with Crippen molar-refractivity contribution in [3.8, 4) is 11.5 Å². The molecule has 29 heavy (non-hydrogen) atoms. The number of ether oxygens (including phenoxy) is 3. The van der Waals surface area contributed by atoms with E-state index in [1.54, 1.807) is 21.1 Å². The topological polar surface area (TPSA) is 48.0 Å². The van der Waals surface area contributed by atoms with Gasteiger partial charge in [0.15, 0.2) is 17.1 Å². The monoisotopic (exact) mass is 395 g/mol. The number of benzene rings is 1. The minimum absolute atomic E-state index is 0.143. The smallest absolute Gasteiger partial charge is 0.166 e. The molecule has 6 aliphatic rings. The number of ketones is 1. The number of piperidine rings is 1. The van der Waals surface area contributed by atoms with Gasteiger partial charge in [0.2, 0.25) is 0 Å². The largest absolute Gasteiger partial charge is 0.493 e. The number of likely N-dealkylation sites (tertiary alicyclic amines) is 1. The van der Waals surface area contributed by atoms with Gasteiger partial charge in [-0.25, -0.2) is 0 Å². The molecule has 0 radical (unpaired) electrons. The standard InChI is InChI=1S/C24H29NO4/c1-14(26)16-13-22-8-9-24(16,28-5)21(2)23(22)10-11-25(3)18(22)12-15-6-7-17(27-4)20(29-21)19(15)23/h6-9,16,18H,10-13H2,1-5H3/t16-,18-,21-,22-,23+,24-/m1/s1. The first kappa shape index (κ1) is 18.0. The van der Waals surface area contributed by atoms with Crippen LogP contribution in [0.25, 0.3) is 0 Å². The maximum absolute atomic E-state index is 12.9. The first-order chi connectivity index (χ1) is 13.8. The van der Waals surface area contributed by atoms with Gasteiger partial charge in [0.25, 0.3) is 0 Å². The molecular formula is C24H29NO4. The quantitative estimate of drug-likeness (QED) is 0.737. The molecule has 1 aromatic carbocycles. The van der Waals surface area contributed by atoms with Crippen LogP contribution in [0.3, 0.4) is 0 Å². The zero-order valence-electron chi connectivity index (χ0n) is 17.9. The molecule has 154 valence electrons. The highest BCUT2D eigenvalue weighted by atomic mass is 16.6. The molecule has 0 aromatic heterocycles. The fourth-order valence-electron chi connectivity index (χ4n) is 8.30. The first-order valence-electron chi connectivity index (χ1n) is 10.7. The van der Waals surface area contributed by atoms with Crippen LogP contribution >= 0.6 is 0 Å². The van der Waals surface area contributed by atoms with Gasteiger partial charge >= 0.3 is 0 Å². The van der Waals surface area contributed by atoms with Crippen LogP contribution in [-0.2, 0) is 21.4 Å². The van der Waals surface area contributed by atoms with Crippen molar-refractivity contribution in [2.24, 2.45) is 11.3 Å². The Morgan fingerprint density at radius 3 is 2.76 bits per heavy atom. The second kappa shape index (κ2) is 5.06. The molecule has 2 heterocycles. The van der Waals surface area contributed by atoms with Crippen molar-refractivity contribution < 1.29 is 19.0 Å². The van der Waals surface area contributed by atoms with Crippen molar-refractivity contribution in [1.29, 1.82) is 0 Å². The van der Waals surface area contributed by atoms with Crippen molar-refractivity contribution in [2.75, 3.05) is 27.8 Å². The van der Waals surface area contributed by atoms with Crippen LogP contribution in [0.1, 0.15) is 37.8 Å². The Balaban J connectivity index is 1.76. The number of likely N-dealkylation sites (N-methyl/N-ethyl adjacent to an activating group) is 1. The van der Waals surface area contributed by atoms with Gasteiger partial charge in [-0.3, -0.25) is 4.79 Å². The summed E-state index contributed by atoms with van der Waals surface area (Å²) in [6, 6.07) is 4.61. The molecule has 1 saturated heterocycles. The average molecular weight is 395 g/mol. The number of Topliss-reactive ketones (excluding diaryl/α,β-unsaturated/α-hetero) is 1. The Morgan fingerprint density at radius 2 is 2.07 bits per heavy atom. The second-order valence-electron chi connectivity index (χ2n) is 9.86. The Kier molecular flexibility index (Phi) is 3.14. The summed E-state index contributed by atoms with van der Waals surface area (Å²) in [5, 5.41) is 0. The predicted octanol–water partition coefficient (Wildman–Crippen LogP) is 2.89. The van der Waals surface area contributed by atoms with Gasteiger partial charge in [-0.2, -0.15) is 0 Å². The van der Waals surface area contributed by atoms with Crippen molar-refractivity contribution in [2.45, 2.75) is 55.8 Å². The van der Waals surface area contributed by atoms with Crippen LogP contribution in [0.15, 0.2) is 24.3 Å². The molecule has 4 aliphatic carbocycles. The molecule has 5 nitrogen and oxygen atoms in total. The molecule has 1 saturated carbocycles. The molecule has 0 amide bonds.